The molecule has 1 rings (SSSR count). The van der Waals surface area contributed by atoms with Crippen molar-refractivity contribution >= 4 is 5.78 Å². The first kappa shape index (κ1) is 11.8. The third kappa shape index (κ3) is 3.74. The molecule has 0 aliphatic heterocycles. The van der Waals surface area contributed by atoms with Crippen molar-refractivity contribution in [3.63, 3.8) is 0 Å². The quantitative estimate of drug-likeness (QED) is 0.717. The summed E-state index contributed by atoms with van der Waals surface area (Å²) in [6.45, 7) is 4.14. The van der Waals surface area contributed by atoms with Crippen molar-refractivity contribution in [2.75, 3.05) is 0 Å². The van der Waals surface area contributed by atoms with Gasteiger partial charge < -0.3 is 5.73 Å². The van der Waals surface area contributed by atoms with E-state index in [-0.39, 0.29) is 5.78 Å². The van der Waals surface area contributed by atoms with Gasteiger partial charge in [0.1, 0.15) is 0 Å². The minimum atomic E-state index is 0.123. The average molecular weight is 205 g/mol. The van der Waals surface area contributed by atoms with E-state index < -0.39 is 0 Å². The van der Waals surface area contributed by atoms with E-state index in [0.29, 0.717) is 18.0 Å². The zero-order valence-electron chi connectivity index (χ0n) is 9.49. The van der Waals surface area contributed by atoms with Gasteiger partial charge in [0.25, 0.3) is 0 Å². The molecule has 0 aromatic rings. The fourth-order valence-corrected chi connectivity index (χ4v) is 1.64. The maximum atomic E-state index is 11.4. The summed E-state index contributed by atoms with van der Waals surface area (Å²) in [7, 11) is 0. The first-order chi connectivity index (χ1) is 7.13. The number of rotatable bonds is 4. The number of hydrogen-bond donors (Lipinski definition) is 1. The van der Waals surface area contributed by atoms with Crippen LogP contribution in [0.4, 0.5) is 0 Å². The van der Waals surface area contributed by atoms with E-state index in [2.05, 4.69) is 13.0 Å². The van der Waals surface area contributed by atoms with Crippen LogP contribution in [0.1, 0.15) is 33.1 Å². The molecule has 1 atom stereocenters. The largest absolute Gasteiger partial charge is 0.398 e. The maximum Gasteiger partial charge on any atom is 0.157 e. The van der Waals surface area contributed by atoms with E-state index in [1.54, 1.807) is 6.08 Å². The molecule has 0 amide bonds. The smallest absolute Gasteiger partial charge is 0.157 e. The zero-order valence-corrected chi connectivity index (χ0v) is 9.49. The number of allylic oxidation sites excluding steroid dienone is 5. The van der Waals surface area contributed by atoms with Gasteiger partial charge in [0.05, 0.1) is 0 Å². The van der Waals surface area contributed by atoms with Crippen molar-refractivity contribution in [2.45, 2.75) is 33.1 Å². The van der Waals surface area contributed by atoms with Gasteiger partial charge in [0, 0.05) is 18.2 Å². The Bertz CT molecular complexity index is 323. The molecular weight excluding hydrogens is 186 g/mol. The van der Waals surface area contributed by atoms with Crippen molar-refractivity contribution in [1.82, 2.24) is 0 Å². The molecule has 0 spiro atoms. The van der Waals surface area contributed by atoms with Crippen LogP contribution in [0.15, 0.2) is 35.6 Å². The molecule has 0 aromatic heterocycles. The van der Waals surface area contributed by atoms with Crippen molar-refractivity contribution in [1.29, 1.82) is 0 Å². The van der Waals surface area contributed by atoms with Gasteiger partial charge in [0.15, 0.2) is 5.78 Å². The molecule has 0 radical (unpaired) electrons. The molecule has 1 aliphatic carbocycles. The summed E-state index contributed by atoms with van der Waals surface area (Å²) in [4.78, 5) is 11.4. The Hall–Kier alpha value is -1.31. The highest BCUT2D eigenvalue weighted by Gasteiger charge is 2.09. The Kier molecular flexibility index (Phi) is 4.35. The average Bonchev–Trinajstić information content (AvgIpc) is 2.18. The normalized spacial score (nSPS) is 21.3. The second-order valence-corrected chi connectivity index (χ2v) is 4.07. The number of hydrogen-bond acceptors (Lipinski definition) is 2. The maximum absolute atomic E-state index is 11.4. The van der Waals surface area contributed by atoms with E-state index in [0.717, 1.165) is 18.4 Å². The van der Waals surface area contributed by atoms with E-state index in [9.17, 15) is 4.79 Å². The molecule has 82 valence electrons. The van der Waals surface area contributed by atoms with Crippen LogP contribution in [0.5, 0.6) is 0 Å². The summed E-state index contributed by atoms with van der Waals surface area (Å²) in [6.07, 6.45) is 10.1. The summed E-state index contributed by atoms with van der Waals surface area (Å²) < 4.78 is 0. The molecule has 0 aromatic carbocycles. The lowest BCUT2D eigenvalue weighted by atomic mass is 9.93. The number of ketones is 1. The Balaban J connectivity index is 2.67. The van der Waals surface area contributed by atoms with Gasteiger partial charge in [-0.3, -0.25) is 4.79 Å². The molecule has 0 fully saturated rings. The summed E-state index contributed by atoms with van der Waals surface area (Å²) in [5.74, 6) is 0.635. The van der Waals surface area contributed by atoms with Crippen molar-refractivity contribution < 1.29 is 4.79 Å². The third-order valence-corrected chi connectivity index (χ3v) is 2.46. The zero-order chi connectivity index (χ0) is 11.3. The highest BCUT2D eigenvalue weighted by atomic mass is 16.1. The lowest BCUT2D eigenvalue weighted by Crippen LogP contribution is -2.09. The van der Waals surface area contributed by atoms with Gasteiger partial charge in [0.2, 0.25) is 0 Å². The highest BCUT2D eigenvalue weighted by molar-refractivity contribution is 5.90. The van der Waals surface area contributed by atoms with Crippen molar-refractivity contribution in [2.24, 2.45) is 11.7 Å². The fourth-order valence-electron chi connectivity index (χ4n) is 1.64. The number of nitrogens with two attached hydrogens (primary N) is 1. The van der Waals surface area contributed by atoms with Crippen molar-refractivity contribution in [3.8, 4) is 0 Å². The van der Waals surface area contributed by atoms with Gasteiger partial charge in [-0.2, -0.15) is 0 Å². The third-order valence-electron chi connectivity index (χ3n) is 2.46. The highest BCUT2D eigenvalue weighted by Crippen LogP contribution is 2.21. The Morgan fingerprint density at radius 2 is 2.40 bits per heavy atom. The van der Waals surface area contributed by atoms with Gasteiger partial charge in [-0.05, 0) is 24.3 Å². The molecule has 0 saturated heterocycles. The number of carbonyl (C=O) groups excluding carboxylic acids is 1. The predicted octanol–water partition coefficient (Wildman–Crippen LogP) is 2.72. The molecule has 1 unspecified atom stereocenters. The van der Waals surface area contributed by atoms with Gasteiger partial charge in [-0.1, -0.05) is 32.1 Å². The molecule has 2 nitrogen and oxygen atoms in total. The van der Waals surface area contributed by atoms with E-state index >= 15 is 0 Å². The monoisotopic (exact) mass is 205 g/mol. The summed E-state index contributed by atoms with van der Waals surface area (Å²) in [5, 5.41) is 0. The molecule has 0 heterocycles. The molecule has 15 heavy (non-hydrogen) atoms. The topological polar surface area (TPSA) is 43.1 Å². The summed E-state index contributed by atoms with van der Waals surface area (Å²) in [5.41, 5.74) is 7.59. The van der Waals surface area contributed by atoms with Crippen LogP contribution in [-0.4, -0.2) is 5.78 Å². The molecule has 1 aliphatic rings. The summed E-state index contributed by atoms with van der Waals surface area (Å²) >= 11 is 0. The first-order valence-electron chi connectivity index (χ1n) is 5.51. The first-order valence-corrected chi connectivity index (χ1v) is 5.51. The standard InChI is InChI=1S/C13H19NO/c1-3-5-12(15)9-13(14)11-7-4-6-10(2)8-11/h4,6-7,9-10H,3,5,8,14H2,1-2H3. The second kappa shape index (κ2) is 5.54. The van der Waals surface area contributed by atoms with Gasteiger partial charge >= 0.3 is 0 Å². The van der Waals surface area contributed by atoms with Crippen LogP contribution in [0, 0.1) is 5.92 Å². The Morgan fingerprint density at radius 1 is 1.67 bits per heavy atom. The van der Waals surface area contributed by atoms with Crippen LogP contribution in [0.2, 0.25) is 0 Å². The van der Waals surface area contributed by atoms with Gasteiger partial charge in [-0.15, -0.1) is 0 Å². The van der Waals surface area contributed by atoms with Crippen LogP contribution < -0.4 is 5.73 Å². The Morgan fingerprint density at radius 3 is 3.00 bits per heavy atom. The Labute approximate surface area is 91.5 Å². The van der Waals surface area contributed by atoms with E-state index in [4.69, 9.17) is 5.73 Å². The lowest BCUT2D eigenvalue weighted by Gasteiger charge is -2.14. The van der Waals surface area contributed by atoms with Gasteiger partial charge in [-0.25, -0.2) is 0 Å². The molecule has 2 heteroatoms. The minimum absolute atomic E-state index is 0.123. The fraction of sp³-hybridized carbons (Fsp3) is 0.462. The summed E-state index contributed by atoms with van der Waals surface area (Å²) in [6, 6.07) is 0. The minimum Gasteiger partial charge on any atom is -0.398 e. The van der Waals surface area contributed by atoms with Crippen LogP contribution >= 0.6 is 0 Å². The molecular formula is C13H19NO. The number of carbonyl (C=O) groups is 1. The lowest BCUT2D eigenvalue weighted by molar-refractivity contribution is -0.114. The van der Waals surface area contributed by atoms with Crippen LogP contribution in [0.3, 0.4) is 0 Å². The SMILES string of the molecule is CCCC(=O)C=C(N)C1=CC=CC(C)C1. The molecule has 0 saturated carbocycles. The van der Waals surface area contributed by atoms with Crippen LogP contribution in [-0.2, 0) is 4.79 Å². The second-order valence-electron chi connectivity index (χ2n) is 4.07. The van der Waals surface area contributed by atoms with Crippen molar-refractivity contribution in [3.05, 3.63) is 35.6 Å². The van der Waals surface area contributed by atoms with E-state index in [1.165, 1.54) is 0 Å². The molecule has 2 N–H and O–H groups in total. The van der Waals surface area contributed by atoms with Crippen LogP contribution in [0.25, 0.3) is 0 Å². The predicted molar refractivity (Wildman–Crippen MR) is 63.2 cm³/mol. The molecule has 0 bridgehead atoms. The van der Waals surface area contributed by atoms with E-state index in [1.807, 2.05) is 19.1 Å².